The Morgan fingerprint density at radius 2 is 1.45 bits per heavy atom. The minimum absolute atomic E-state index is 1.13. The molecule has 0 aliphatic rings. The van der Waals surface area contributed by atoms with Crippen LogP contribution >= 0.6 is 0 Å². The van der Waals surface area contributed by atoms with Crippen molar-refractivity contribution >= 4 is 10.8 Å². The van der Waals surface area contributed by atoms with Gasteiger partial charge in [-0.05, 0) is 40.3 Å². The first kappa shape index (κ1) is 12.9. The Kier molecular flexibility index (Phi) is 3.83. The molecule has 20 heavy (non-hydrogen) atoms. The van der Waals surface area contributed by atoms with Gasteiger partial charge < -0.3 is 0 Å². The topological polar surface area (TPSA) is 0 Å². The van der Waals surface area contributed by atoms with Crippen LogP contribution in [0.3, 0.4) is 0 Å². The first-order valence-electron chi connectivity index (χ1n) is 7.30. The van der Waals surface area contributed by atoms with E-state index in [-0.39, 0.29) is 0 Å². The van der Waals surface area contributed by atoms with E-state index >= 15 is 0 Å². The van der Waals surface area contributed by atoms with Gasteiger partial charge in [0.2, 0.25) is 0 Å². The second-order valence-electron chi connectivity index (χ2n) is 5.11. The van der Waals surface area contributed by atoms with Crippen LogP contribution in [0.2, 0.25) is 0 Å². The zero-order chi connectivity index (χ0) is 13.8. The molecule has 3 rings (SSSR count). The molecule has 0 unspecified atom stereocenters. The maximum atomic E-state index is 2.34. The Morgan fingerprint density at radius 3 is 2.35 bits per heavy atom. The molecule has 0 heteroatoms. The van der Waals surface area contributed by atoms with Crippen molar-refractivity contribution in [3.8, 4) is 11.1 Å². The zero-order valence-electron chi connectivity index (χ0n) is 11.8. The van der Waals surface area contributed by atoms with E-state index in [0.717, 1.165) is 6.42 Å². The van der Waals surface area contributed by atoms with Gasteiger partial charge in [0.15, 0.2) is 0 Å². The Hall–Kier alpha value is -2.08. The summed E-state index contributed by atoms with van der Waals surface area (Å²) in [5, 5.41) is 2.63. The lowest BCUT2D eigenvalue weighted by molar-refractivity contribution is 0.914. The zero-order valence-corrected chi connectivity index (χ0v) is 11.8. The van der Waals surface area contributed by atoms with Gasteiger partial charge in [-0.15, -0.1) is 0 Å². The molecular formula is C20H19. The van der Waals surface area contributed by atoms with Crippen molar-refractivity contribution in [2.75, 3.05) is 0 Å². The smallest absolute Gasteiger partial charge is 0.00868 e. The summed E-state index contributed by atoms with van der Waals surface area (Å²) in [4.78, 5) is 0. The maximum absolute atomic E-state index is 2.34. The summed E-state index contributed by atoms with van der Waals surface area (Å²) in [5.41, 5.74) is 3.99. The molecule has 0 spiro atoms. The Labute approximate surface area is 121 Å². The lowest BCUT2D eigenvalue weighted by atomic mass is 9.92. The lowest BCUT2D eigenvalue weighted by Crippen LogP contribution is -1.89. The van der Waals surface area contributed by atoms with Gasteiger partial charge in [-0.3, -0.25) is 0 Å². The first-order chi connectivity index (χ1) is 9.90. The van der Waals surface area contributed by atoms with Crippen molar-refractivity contribution in [2.24, 2.45) is 0 Å². The van der Waals surface area contributed by atoms with Crippen LogP contribution in [-0.2, 0) is 0 Å². The second-order valence-corrected chi connectivity index (χ2v) is 5.11. The third-order valence-electron chi connectivity index (χ3n) is 3.69. The number of hydrogen-bond donors (Lipinski definition) is 0. The number of benzene rings is 3. The maximum Gasteiger partial charge on any atom is -0.00868 e. The highest BCUT2D eigenvalue weighted by atomic mass is 14.1. The molecule has 3 aromatic rings. The van der Waals surface area contributed by atoms with Crippen molar-refractivity contribution < 1.29 is 0 Å². The number of unbranched alkanes of at least 4 members (excludes halogenated alkanes) is 1. The standard InChI is InChI=1S/C20H19/c1-2-3-9-16-10-4-6-13-18(16)20-15-8-12-17-11-5-7-14-19(17)20/h4-15H,2-3H2,1H3. The lowest BCUT2D eigenvalue weighted by Gasteiger charge is -2.12. The van der Waals surface area contributed by atoms with Crippen LogP contribution in [0.5, 0.6) is 0 Å². The summed E-state index contributed by atoms with van der Waals surface area (Å²) in [7, 11) is 0. The van der Waals surface area contributed by atoms with E-state index in [1.54, 1.807) is 0 Å². The normalized spacial score (nSPS) is 10.8. The molecule has 0 fully saturated rings. The summed E-state index contributed by atoms with van der Waals surface area (Å²) in [6.07, 6.45) is 4.66. The van der Waals surface area contributed by atoms with Crippen LogP contribution in [0.1, 0.15) is 25.3 Å². The predicted molar refractivity (Wildman–Crippen MR) is 87.7 cm³/mol. The molecular weight excluding hydrogens is 240 g/mol. The van der Waals surface area contributed by atoms with Crippen LogP contribution in [0.25, 0.3) is 21.9 Å². The Bertz CT molecular complexity index is 705. The first-order valence-corrected chi connectivity index (χ1v) is 7.30. The molecule has 0 aromatic heterocycles. The van der Waals surface area contributed by atoms with Gasteiger partial charge in [0.1, 0.15) is 0 Å². The van der Waals surface area contributed by atoms with Crippen LogP contribution in [0, 0.1) is 6.42 Å². The monoisotopic (exact) mass is 259 g/mol. The van der Waals surface area contributed by atoms with Gasteiger partial charge in [0.25, 0.3) is 0 Å². The molecule has 0 aliphatic heterocycles. The summed E-state index contributed by atoms with van der Waals surface area (Å²) in [6.45, 7) is 2.22. The fraction of sp³-hybridized carbons (Fsp3) is 0.150. The van der Waals surface area contributed by atoms with Crippen molar-refractivity contribution in [1.82, 2.24) is 0 Å². The predicted octanol–water partition coefficient (Wildman–Crippen LogP) is 5.86. The van der Waals surface area contributed by atoms with E-state index in [4.69, 9.17) is 0 Å². The largest absolute Gasteiger partial charge is 0.0654 e. The third-order valence-corrected chi connectivity index (χ3v) is 3.69. The summed E-state index contributed by atoms with van der Waals surface area (Å²) < 4.78 is 0. The van der Waals surface area contributed by atoms with E-state index in [1.807, 2.05) is 0 Å². The van der Waals surface area contributed by atoms with Crippen LogP contribution in [0.15, 0.2) is 66.7 Å². The molecule has 0 N–H and O–H groups in total. The highest BCUT2D eigenvalue weighted by Crippen LogP contribution is 2.32. The summed E-state index contributed by atoms with van der Waals surface area (Å²) in [5.74, 6) is 0. The molecule has 0 nitrogen and oxygen atoms in total. The van der Waals surface area contributed by atoms with E-state index in [1.165, 1.54) is 33.9 Å². The second kappa shape index (κ2) is 5.92. The van der Waals surface area contributed by atoms with E-state index in [2.05, 4.69) is 80.1 Å². The summed E-state index contributed by atoms with van der Waals surface area (Å²) in [6, 6.07) is 23.8. The van der Waals surface area contributed by atoms with Crippen molar-refractivity contribution in [1.29, 1.82) is 0 Å². The van der Waals surface area contributed by atoms with Crippen molar-refractivity contribution in [3.63, 3.8) is 0 Å². The van der Waals surface area contributed by atoms with Crippen LogP contribution in [0.4, 0.5) is 0 Å². The molecule has 0 heterocycles. The van der Waals surface area contributed by atoms with Gasteiger partial charge in [-0.25, -0.2) is 0 Å². The fourth-order valence-corrected chi connectivity index (χ4v) is 2.68. The average Bonchev–Trinajstić information content (AvgIpc) is 2.53. The minimum atomic E-state index is 1.13. The van der Waals surface area contributed by atoms with Crippen LogP contribution in [-0.4, -0.2) is 0 Å². The van der Waals surface area contributed by atoms with Gasteiger partial charge >= 0.3 is 0 Å². The third kappa shape index (κ3) is 2.46. The average molecular weight is 259 g/mol. The minimum Gasteiger partial charge on any atom is -0.0654 e. The molecule has 1 radical (unpaired) electrons. The van der Waals surface area contributed by atoms with Gasteiger partial charge in [0.05, 0.1) is 0 Å². The van der Waals surface area contributed by atoms with E-state index < -0.39 is 0 Å². The Morgan fingerprint density at radius 1 is 0.750 bits per heavy atom. The molecule has 0 atom stereocenters. The molecule has 0 saturated heterocycles. The molecule has 3 aromatic carbocycles. The van der Waals surface area contributed by atoms with Gasteiger partial charge in [-0.2, -0.15) is 0 Å². The number of fused-ring (bicyclic) bond motifs is 1. The highest BCUT2D eigenvalue weighted by Gasteiger charge is 2.07. The Balaban J connectivity index is 2.16. The SMILES string of the molecule is CCC[CH]c1ccccc1-c1cccc2ccccc12. The van der Waals surface area contributed by atoms with Gasteiger partial charge in [0, 0.05) is 0 Å². The molecule has 0 aliphatic carbocycles. The highest BCUT2D eigenvalue weighted by molar-refractivity contribution is 5.97. The summed E-state index contributed by atoms with van der Waals surface area (Å²) >= 11 is 0. The number of rotatable bonds is 4. The van der Waals surface area contributed by atoms with Crippen molar-refractivity contribution in [2.45, 2.75) is 19.8 Å². The van der Waals surface area contributed by atoms with Crippen LogP contribution < -0.4 is 0 Å². The molecule has 99 valence electrons. The molecule has 0 saturated carbocycles. The fourth-order valence-electron chi connectivity index (χ4n) is 2.68. The van der Waals surface area contributed by atoms with E-state index in [0.29, 0.717) is 0 Å². The quantitative estimate of drug-likeness (QED) is 0.550. The number of hydrogen-bond acceptors (Lipinski definition) is 0. The van der Waals surface area contributed by atoms with Crippen molar-refractivity contribution in [3.05, 3.63) is 78.7 Å². The van der Waals surface area contributed by atoms with Gasteiger partial charge in [-0.1, -0.05) is 80.1 Å². The molecule has 0 bridgehead atoms. The molecule has 0 amide bonds. The van der Waals surface area contributed by atoms with E-state index in [9.17, 15) is 0 Å².